The maximum absolute atomic E-state index is 11.9. The number of aromatic nitrogens is 1. The normalized spacial score (nSPS) is 10.0. The number of urea groups is 1. The van der Waals surface area contributed by atoms with Crippen molar-refractivity contribution in [3.63, 3.8) is 0 Å². The molecule has 0 aliphatic rings. The molecule has 1 aromatic carbocycles. The third-order valence-corrected chi connectivity index (χ3v) is 2.85. The van der Waals surface area contributed by atoms with E-state index in [1.54, 1.807) is 19.1 Å². The van der Waals surface area contributed by atoms with Crippen LogP contribution in [0.4, 0.5) is 16.5 Å². The van der Waals surface area contributed by atoms with E-state index < -0.39 is 12.0 Å². The van der Waals surface area contributed by atoms with Crippen molar-refractivity contribution in [1.82, 2.24) is 4.98 Å². The number of hydrogen-bond donors (Lipinski definition) is 2. The molecule has 0 fully saturated rings. The van der Waals surface area contributed by atoms with E-state index in [9.17, 15) is 9.59 Å². The predicted octanol–water partition coefficient (Wildman–Crippen LogP) is 3.16. The smallest absolute Gasteiger partial charge is 0.360 e. The van der Waals surface area contributed by atoms with Gasteiger partial charge in [-0.3, -0.25) is 5.32 Å². The summed E-state index contributed by atoms with van der Waals surface area (Å²) in [4.78, 5) is 27.2. The van der Waals surface area contributed by atoms with Crippen LogP contribution in [0.3, 0.4) is 0 Å². The molecule has 0 aliphatic heterocycles. The highest BCUT2D eigenvalue weighted by Crippen LogP contribution is 2.27. The summed E-state index contributed by atoms with van der Waals surface area (Å²) in [6.45, 7) is 1.88. The van der Waals surface area contributed by atoms with Crippen LogP contribution in [0, 0.1) is 0 Å². The first kappa shape index (κ1) is 16.6. The van der Waals surface area contributed by atoms with Gasteiger partial charge in [0.2, 0.25) is 0 Å². The maximum Gasteiger partial charge on any atom is 0.360 e. The summed E-state index contributed by atoms with van der Waals surface area (Å²) in [5.74, 6) is -0.203. The minimum absolute atomic E-state index is 0.0394. The van der Waals surface area contributed by atoms with Gasteiger partial charge in [0.25, 0.3) is 0 Å². The fourth-order valence-electron chi connectivity index (χ4n) is 1.66. The molecular weight excluding hydrogens is 326 g/mol. The summed E-state index contributed by atoms with van der Waals surface area (Å²) >= 11 is 5.88. The van der Waals surface area contributed by atoms with Crippen LogP contribution in [0.15, 0.2) is 28.9 Å². The van der Waals surface area contributed by atoms with E-state index in [0.717, 1.165) is 6.26 Å². The van der Waals surface area contributed by atoms with Gasteiger partial charge in [-0.25, -0.2) is 9.59 Å². The molecule has 1 heterocycles. The molecular formula is C14H14ClN3O5. The van der Waals surface area contributed by atoms with Gasteiger partial charge in [0.05, 0.1) is 19.4 Å². The molecule has 122 valence electrons. The number of amides is 2. The Morgan fingerprint density at radius 2 is 2.13 bits per heavy atom. The molecule has 0 radical (unpaired) electrons. The SMILES string of the molecule is CCOC(=O)c1coc(NC(=O)Nc2cc(Cl)ccc2OC)n1. The molecule has 1 aromatic heterocycles. The highest BCUT2D eigenvalue weighted by molar-refractivity contribution is 6.31. The lowest BCUT2D eigenvalue weighted by Gasteiger charge is -2.10. The lowest BCUT2D eigenvalue weighted by atomic mass is 10.3. The number of anilines is 2. The second kappa shape index (κ2) is 7.50. The molecule has 0 atom stereocenters. The number of rotatable bonds is 5. The third kappa shape index (κ3) is 4.36. The molecule has 2 rings (SSSR count). The molecule has 0 saturated carbocycles. The maximum atomic E-state index is 11.9. The first-order chi connectivity index (χ1) is 11.0. The van der Waals surface area contributed by atoms with Crippen molar-refractivity contribution in [2.45, 2.75) is 6.92 Å². The van der Waals surface area contributed by atoms with Gasteiger partial charge in [0.1, 0.15) is 12.0 Å². The van der Waals surface area contributed by atoms with Crippen molar-refractivity contribution >= 4 is 35.3 Å². The second-order valence-corrected chi connectivity index (χ2v) is 4.62. The number of carbonyl (C=O) groups is 2. The third-order valence-electron chi connectivity index (χ3n) is 2.62. The number of methoxy groups -OCH3 is 1. The Morgan fingerprint density at radius 1 is 1.35 bits per heavy atom. The summed E-state index contributed by atoms with van der Waals surface area (Å²) in [5, 5.41) is 5.32. The van der Waals surface area contributed by atoms with Crippen LogP contribution in [0.5, 0.6) is 5.75 Å². The molecule has 2 N–H and O–H groups in total. The van der Waals surface area contributed by atoms with Gasteiger partial charge in [0, 0.05) is 5.02 Å². The van der Waals surface area contributed by atoms with E-state index in [1.807, 2.05) is 0 Å². The summed E-state index contributed by atoms with van der Waals surface area (Å²) in [6.07, 6.45) is 1.09. The Labute approximate surface area is 136 Å². The van der Waals surface area contributed by atoms with Crippen molar-refractivity contribution in [2.75, 3.05) is 24.4 Å². The lowest BCUT2D eigenvalue weighted by molar-refractivity contribution is 0.0519. The number of nitrogens with one attached hydrogen (secondary N) is 2. The number of carbonyl (C=O) groups excluding carboxylic acids is 2. The average Bonchev–Trinajstić information content (AvgIpc) is 2.96. The molecule has 0 saturated heterocycles. The fourth-order valence-corrected chi connectivity index (χ4v) is 1.83. The van der Waals surface area contributed by atoms with E-state index in [1.165, 1.54) is 13.2 Å². The summed E-state index contributed by atoms with van der Waals surface area (Å²) in [7, 11) is 1.46. The number of esters is 1. The average molecular weight is 340 g/mol. The van der Waals surface area contributed by atoms with Gasteiger partial charge in [-0.05, 0) is 25.1 Å². The number of oxazole rings is 1. The van der Waals surface area contributed by atoms with Crippen LogP contribution in [0.1, 0.15) is 17.4 Å². The Kier molecular flexibility index (Phi) is 5.42. The molecule has 9 heteroatoms. The monoisotopic (exact) mass is 339 g/mol. The standard InChI is InChI=1S/C14H14ClN3O5/c1-3-22-12(19)10-7-23-14(17-10)18-13(20)16-9-6-8(15)4-5-11(9)21-2/h4-7H,3H2,1-2H3,(H2,16,17,18,20). The van der Waals surface area contributed by atoms with Crippen molar-refractivity contribution in [1.29, 1.82) is 0 Å². The van der Waals surface area contributed by atoms with Crippen LogP contribution in [0.2, 0.25) is 5.02 Å². The van der Waals surface area contributed by atoms with E-state index in [0.29, 0.717) is 16.5 Å². The quantitative estimate of drug-likeness (QED) is 0.811. The van der Waals surface area contributed by atoms with Gasteiger partial charge in [-0.2, -0.15) is 4.98 Å². The largest absolute Gasteiger partial charge is 0.495 e. The van der Waals surface area contributed by atoms with E-state index in [4.69, 9.17) is 25.5 Å². The first-order valence-electron chi connectivity index (χ1n) is 6.57. The zero-order valence-corrected chi connectivity index (χ0v) is 13.1. The molecule has 0 unspecified atom stereocenters. The number of nitrogens with zero attached hydrogens (tertiary/aromatic N) is 1. The number of ether oxygens (including phenoxy) is 2. The van der Waals surface area contributed by atoms with Crippen molar-refractivity contribution < 1.29 is 23.5 Å². The molecule has 8 nitrogen and oxygen atoms in total. The fraction of sp³-hybridized carbons (Fsp3) is 0.214. The van der Waals surface area contributed by atoms with E-state index in [2.05, 4.69) is 15.6 Å². The Bertz CT molecular complexity index is 716. The Morgan fingerprint density at radius 3 is 2.83 bits per heavy atom. The van der Waals surface area contributed by atoms with Crippen LogP contribution in [-0.4, -0.2) is 30.7 Å². The van der Waals surface area contributed by atoms with Crippen LogP contribution in [0.25, 0.3) is 0 Å². The van der Waals surface area contributed by atoms with Gasteiger partial charge >= 0.3 is 18.0 Å². The molecule has 2 amide bonds. The van der Waals surface area contributed by atoms with Crippen molar-refractivity contribution in [3.05, 3.63) is 35.2 Å². The Hall–Kier alpha value is -2.74. The zero-order chi connectivity index (χ0) is 16.8. The molecule has 2 aromatic rings. The van der Waals surface area contributed by atoms with E-state index in [-0.39, 0.29) is 18.3 Å². The number of benzene rings is 1. The van der Waals surface area contributed by atoms with Gasteiger partial charge in [-0.1, -0.05) is 11.6 Å². The molecule has 0 spiro atoms. The summed E-state index contributed by atoms with van der Waals surface area (Å²) < 4.78 is 14.9. The summed E-state index contributed by atoms with van der Waals surface area (Å²) in [5.41, 5.74) is 0.331. The van der Waals surface area contributed by atoms with Gasteiger partial charge < -0.3 is 19.2 Å². The number of halogens is 1. The minimum Gasteiger partial charge on any atom is -0.495 e. The Balaban J connectivity index is 2.03. The van der Waals surface area contributed by atoms with Crippen LogP contribution in [-0.2, 0) is 4.74 Å². The number of hydrogen-bond acceptors (Lipinski definition) is 6. The molecule has 23 heavy (non-hydrogen) atoms. The highest BCUT2D eigenvalue weighted by atomic mass is 35.5. The van der Waals surface area contributed by atoms with Crippen molar-refractivity contribution in [2.24, 2.45) is 0 Å². The van der Waals surface area contributed by atoms with E-state index >= 15 is 0 Å². The van der Waals surface area contributed by atoms with Crippen LogP contribution >= 0.6 is 11.6 Å². The zero-order valence-electron chi connectivity index (χ0n) is 12.4. The molecule has 0 aliphatic carbocycles. The second-order valence-electron chi connectivity index (χ2n) is 4.18. The molecule has 0 bridgehead atoms. The lowest BCUT2D eigenvalue weighted by Crippen LogP contribution is -2.20. The first-order valence-corrected chi connectivity index (χ1v) is 6.95. The van der Waals surface area contributed by atoms with Crippen molar-refractivity contribution in [3.8, 4) is 5.75 Å². The van der Waals surface area contributed by atoms with Crippen LogP contribution < -0.4 is 15.4 Å². The van der Waals surface area contributed by atoms with Gasteiger partial charge in [0.15, 0.2) is 5.69 Å². The topological polar surface area (TPSA) is 103 Å². The minimum atomic E-state index is -0.638. The predicted molar refractivity (Wildman–Crippen MR) is 83.1 cm³/mol. The highest BCUT2D eigenvalue weighted by Gasteiger charge is 2.15. The summed E-state index contributed by atoms with van der Waals surface area (Å²) in [6, 6.07) is 3.99. The van der Waals surface area contributed by atoms with Gasteiger partial charge in [-0.15, -0.1) is 0 Å².